The normalized spacial score (nSPS) is 12.6. The molecule has 0 spiro atoms. The molecule has 0 fully saturated rings. The Bertz CT molecular complexity index is 563. The average Bonchev–Trinajstić information content (AvgIpc) is 2.82. The van der Waals surface area contributed by atoms with Crippen LogP contribution >= 0.6 is 11.3 Å². The number of thiazole rings is 1. The first-order valence-electron chi connectivity index (χ1n) is 5.70. The lowest BCUT2D eigenvalue weighted by molar-refractivity contribution is 0.626. The number of likely N-dealkylation sites (N-methyl/N-ethyl adjacent to an activating group) is 1. The van der Waals surface area contributed by atoms with Crippen LogP contribution in [0.5, 0.6) is 0 Å². The van der Waals surface area contributed by atoms with Crippen molar-refractivity contribution in [3.63, 3.8) is 0 Å². The minimum absolute atomic E-state index is 0.158. The molecule has 0 aliphatic heterocycles. The molecule has 1 aromatic heterocycles. The Morgan fingerprint density at radius 2 is 2.35 bits per heavy atom. The zero-order valence-corrected chi connectivity index (χ0v) is 10.4. The molecule has 0 bridgehead atoms. The van der Waals surface area contributed by atoms with Gasteiger partial charge in [0.05, 0.1) is 10.7 Å². The van der Waals surface area contributed by atoms with E-state index in [0.717, 1.165) is 36.2 Å². The van der Waals surface area contributed by atoms with Crippen LogP contribution in [0.3, 0.4) is 0 Å². The summed E-state index contributed by atoms with van der Waals surface area (Å²) < 4.78 is 13.1. The molecule has 1 aromatic carbocycles. The standard InChI is InChI=1S/C13H13FN2S/c1-15-5-4-12-16-13-10-3-2-9(14)6-8(10)7-11(13)17-12/h2-3,6,15H,4-5,7H2,1H3. The lowest BCUT2D eigenvalue weighted by atomic mass is 10.1. The highest BCUT2D eigenvalue weighted by atomic mass is 32.1. The number of fused-ring (bicyclic) bond motifs is 3. The second kappa shape index (κ2) is 4.20. The molecule has 1 heterocycles. The van der Waals surface area contributed by atoms with E-state index in [0.29, 0.717) is 0 Å². The van der Waals surface area contributed by atoms with Gasteiger partial charge in [0.15, 0.2) is 0 Å². The van der Waals surface area contributed by atoms with Gasteiger partial charge in [0.1, 0.15) is 5.82 Å². The van der Waals surface area contributed by atoms with Crippen molar-refractivity contribution < 1.29 is 4.39 Å². The Labute approximate surface area is 104 Å². The van der Waals surface area contributed by atoms with Crippen molar-refractivity contribution in [3.8, 4) is 11.3 Å². The van der Waals surface area contributed by atoms with Crippen molar-refractivity contribution in [1.29, 1.82) is 0 Å². The van der Waals surface area contributed by atoms with Gasteiger partial charge < -0.3 is 5.32 Å². The van der Waals surface area contributed by atoms with Crippen molar-refractivity contribution in [2.45, 2.75) is 12.8 Å². The fourth-order valence-electron chi connectivity index (χ4n) is 2.18. The van der Waals surface area contributed by atoms with Gasteiger partial charge in [0.2, 0.25) is 0 Å². The molecule has 0 amide bonds. The van der Waals surface area contributed by atoms with E-state index in [1.54, 1.807) is 17.4 Å². The second-order valence-electron chi connectivity index (χ2n) is 4.21. The Morgan fingerprint density at radius 3 is 3.18 bits per heavy atom. The second-order valence-corrected chi connectivity index (χ2v) is 5.38. The lowest BCUT2D eigenvalue weighted by Crippen LogP contribution is -2.10. The van der Waals surface area contributed by atoms with Crippen molar-refractivity contribution in [3.05, 3.63) is 39.5 Å². The summed E-state index contributed by atoms with van der Waals surface area (Å²) in [6, 6.07) is 4.98. The van der Waals surface area contributed by atoms with Crippen molar-refractivity contribution >= 4 is 11.3 Å². The average molecular weight is 248 g/mol. The number of aromatic nitrogens is 1. The molecule has 2 nitrogen and oxygen atoms in total. The quantitative estimate of drug-likeness (QED) is 0.770. The third kappa shape index (κ3) is 1.87. The highest BCUT2D eigenvalue weighted by Crippen LogP contribution is 2.39. The number of nitrogens with zero attached hydrogens (tertiary/aromatic N) is 1. The maximum atomic E-state index is 13.1. The molecule has 0 radical (unpaired) electrons. The molecular formula is C13H13FN2S. The van der Waals surface area contributed by atoms with E-state index in [1.807, 2.05) is 13.1 Å². The minimum Gasteiger partial charge on any atom is -0.319 e. The topological polar surface area (TPSA) is 24.9 Å². The molecule has 88 valence electrons. The highest BCUT2D eigenvalue weighted by molar-refractivity contribution is 7.12. The highest BCUT2D eigenvalue weighted by Gasteiger charge is 2.23. The Balaban J connectivity index is 1.95. The maximum absolute atomic E-state index is 13.1. The zero-order chi connectivity index (χ0) is 11.8. The van der Waals surface area contributed by atoms with Gasteiger partial charge in [-0.1, -0.05) is 0 Å². The smallest absolute Gasteiger partial charge is 0.123 e. The van der Waals surface area contributed by atoms with Gasteiger partial charge in [-0.05, 0) is 30.8 Å². The number of halogens is 1. The molecule has 0 unspecified atom stereocenters. The SMILES string of the molecule is CNCCc1nc2c(s1)Cc1cc(F)ccc1-2. The molecule has 1 aliphatic carbocycles. The third-order valence-corrected chi connectivity index (χ3v) is 4.12. The van der Waals surface area contributed by atoms with E-state index in [2.05, 4.69) is 10.3 Å². The van der Waals surface area contributed by atoms with Gasteiger partial charge in [-0.2, -0.15) is 0 Å². The van der Waals surface area contributed by atoms with Gasteiger partial charge in [-0.15, -0.1) is 11.3 Å². The third-order valence-electron chi connectivity index (χ3n) is 3.00. The van der Waals surface area contributed by atoms with E-state index < -0.39 is 0 Å². The predicted molar refractivity (Wildman–Crippen MR) is 67.9 cm³/mol. The van der Waals surface area contributed by atoms with Gasteiger partial charge in [-0.25, -0.2) is 9.37 Å². The molecule has 1 aliphatic rings. The first-order chi connectivity index (χ1) is 8.28. The monoisotopic (exact) mass is 248 g/mol. The molecular weight excluding hydrogens is 235 g/mol. The Kier molecular flexibility index (Phi) is 2.68. The minimum atomic E-state index is -0.158. The van der Waals surface area contributed by atoms with Crippen LogP contribution in [-0.2, 0) is 12.8 Å². The number of nitrogens with one attached hydrogen (secondary N) is 1. The summed E-state index contributed by atoms with van der Waals surface area (Å²) >= 11 is 1.75. The summed E-state index contributed by atoms with van der Waals surface area (Å²) in [5.74, 6) is -0.158. The number of rotatable bonds is 3. The van der Waals surface area contributed by atoms with E-state index in [4.69, 9.17) is 0 Å². The van der Waals surface area contributed by atoms with Crippen molar-refractivity contribution in [1.82, 2.24) is 10.3 Å². The molecule has 17 heavy (non-hydrogen) atoms. The number of hydrogen-bond acceptors (Lipinski definition) is 3. The zero-order valence-electron chi connectivity index (χ0n) is 9.59. The van der Waals surface area contributed by atoms with Gasteiger partial charge in [0, 0.05) is 29.8 Å². The first-order valence-corrected chi connectivity index (χ1v) is 6.51. The van der Waals surface area contributed by atoms with E-state index in [1.165, 1.54) is 16.0 Å². The van der Waals surface area contributed by atoms with Crippen LogP contribution in [-0.4, -0.2) is 18.6 Å². The molecule has 0 atom stereocenters. The van der Waals surface area contributed by atoms with Crippen molar-refractivity contribution in [2.75, 3.05) is 13.6 Å². The van der Waals surface area contributed by atoms with Crippen LogP contribution in [0.4, 0.5) is 4.39 Å². The van der Waals surface area contributed by atoms with Crippen LogP contribution in [0.15, 0.2) is 18.2 Å². The van der Waals surface area contributed by atoms with Gasteiger partial charge in [0.25, 0.3) is 0 Å². The van der Waals surface area contributed by atoms with Gasteiger partial charge >= 0.3 is 0 Å². The van der Waals surface area contributed by atoms with Crippen LogP contribution in [0, 0.1) is 5.82 Å². The fraction of sp³-hybridized carbons (Fsp3) is 0.308. The van der Waals surface area contributed by atoms with E-state index in [9.17, 15) is 4.39 Å². The van der Waals surface area contributed by atoms with Crippen LogP contribution in [0.2, 0.25) is 0 Å². The summed E-state index contributed by atoms with van der Waals surface area (Å²) in [5.41, 5.74) is 3.24. The summed E-state index contributed by atoms with van der Waals surface area (Å²) in [7, 11) is 1.94. The van der Waals surface area contributed by atoms with Gasteiger partial charge in [-0.3, -0.25) is 0 Å². The predicted octanol–water partition coefficient (Wildman–Crippen LogP) is 2.62. The Hall–Kier alpha value is -1.26. The summed E-state index contributed by atoms with van der Waals surface area (Å²) in [6.07, 6.45) is 1.80. The summed E-state index contributed by atoms with van der Waals surface area (Å²) in [6.45, 7) is 0.947. The largest absolute Gasteiger partial charge is 0.319 e. The van der Waals surface area contributed by atoms with Crippen LogP contribution in [0.1, 0.15) is 15.4 Å². The summed E-state index contributed by atoms with van der Waals surface area (Å²) in [4.78, 5) is 5.93. The maximum Gasteiger partial charge on any atom is 0.123 e. The van der Waals surface area contributed by atoms with Crippen LogP contribution < -0.4 is 5.32 Å². The molecule has 1 N–H and O–H groups in total. The number of benzene rings is 1. The Morgan fingerprint density at radius 1 is 1.47 bits per heavy atom. The molecule has 0 saturated carbocycles. The lowest BCUT2D eigenvalue weighted by Gasteiger charge is -1.99. The molecule has 0 saturated heterocycles. The summed E-state index contributed by atoms with van der Waals surface area (Å²) in [5, 5.41) is 4.29. The fourth-order valence-corrected chi connectivity index (χ4v) is 3.29. The molecule has 3 rings (SSSR count). The van der Waals surface area contributed by atoms with E-state index >= 15 is 0 Å². The number of hydrogen-bond donors (Lipinski definition) is 1. The molecule has 2 aromatic rings. The first kappa shape index (κ1) is 10.9. The van der Waals surface area contributed by atoms with Crippen molar-refractivity contribution in [2.24, 2.45) is 0 Å². The van der Waals surface area contributed by atoms with Crippen LogP contribution in [0.25, 0.3) is 11.3 Å². The van der Waals surface area contributed by atoms with E-state index in [-0.39, 0.29) is 5.82 Å². The molecule has 4 heteroatoms.